The molecule has 6 heavy (non-hydrogen) atoms. The van der Waals surface area contributed by atoms with Gasteiger partial charge in [0.1, 0.15) is 5.82 Å². The van der Waals surface area contributed by atoms with Gasteiger partial charge in [0.05, 0.1) is 2.74 Å². The summed E-state index contributed by atoms with van der Waals surface area (Å²) >= 11 is 0. The van der Waals surface area contributed by atoms with Crippen molar-refractivity contribution < 1.29 is 8.27 Å². The Morgan fingerprint density at radius 2 is 3.50 bits per heavy atom. The maximum Gasteiger partial charge on any atom is 0.167 e. The second-order valence-electron chi connectivity index (χ2n) is 0.771. The molecular weight excluding hydrogens is 76.1 g/mol. The van der Waals surface area contributed by atoms with E-state index >= 15 is 0 Å². The van der Waals surface area contributed by atoms with Crippen LogP contribution in [0.2, 0.25) is 1.41 Å². The van der Waals surface area contributed by atoms with Crippen molar-refractivity contribution >= 4 is 0 Å². The lowest BCUT2D eigenvalue weighted by molar-refractivity contribution is 1.15. The van der Waals surface area contributed by atoms with Gasteiger partial charge in [0, 0.05) is 16.5 Å². The molecule has 1 N–H and O–H groups in total. The molecule has 0 fully saturated rings. The summed E-state index contributed by atoms with van der Waals surface area (Å²) in [7, 11) is 0. The number of imidazole rings is 1. The van der Waals surface area contributed by atoms with Crippen molar-refractivity contribution in [2.75, 3.05) is 0 Å². The Bertz CT molecular complexity index is 299. The van der Waals surface area contributed by atoms with Crippen LogP contribution in [0.15, 0.2) is 12.3 Å². The fraction of sp³-hybridized carbons (Fsp3) is 0.250. The van der Waals surface area contributed by atoms with Gasteiger partial charge in [-0.05, 0) is 6.85 Å². The van der Waals surface area contributed by atoms with E-state index in [1.165, 1.54) is 0 Å². The second-order valence-corrected chi connectivity index (χ2v) is 0.771. The van der Waals surface area contributed by atoms with Crippen LogP contribution >= 0.6 is 0 Å². The highest BCUT2D eigenvalue weighted by atomic mass is 14.9. The van der Waals surface area contributed by atoms with E-state index in [0.29, 0.717) is 4.98 Å². The van der Waals surface area contributed by atoms with Crippen LogP contribution in [0.25, 0.3) is 0 Å². The smallest absolute Gasteiger partial charge is 0.167 e. The Kier molecular flexibility index (Phi) is 0.138. The topological polar surface area (TPSA) is 28.7 Å². The van der Waals surface area contributed by atoms with Crippen molar-refractivity contribution in [1.82, 2.24) is 9.96 Å². The molecule has 2 heteroatoms. The van der Waals surface area contributed by atoms with E-state index in [4.69, 9.17) is 8.27 Å². The van der Waals surface area contributed by atoms with Gasteiger partial charge in [-0.3, -0.25) is 0 Å². The highest BCUT2D eigenvalue weighted by molar-refractivity contribution is 4.80. The van der Waals surface area contributed by atoms with E-state index in [1.807, 2.05) is 0 Å². The van der Waals surface area contributed by atoms with E-state index in [1.54, 1.807) is 0 Å². The summed E-state index contributed by atoms with van der Waals surface area (Å²) in [6.07, 6.45) is -1.00. The van der Waals surface area contributed by atoms with Crippen molar-refractivity contribution in [3.05, 3.63) is 18.2 Å². The van der Waals surface area contributed by atoms with E-state index in [2.05, 4.69) is 4.98 Å². The molecule has 32 valence electrons. The Morgan fingerprint density at radius 1 is 2.50 bits per heavy atom. The lowest BCUT2D eigenvalue weighted by atomic mass is 10.8. The summed E-state index contributed by atoms with van der Waals surface area (Å²) in [5.41, 5.74) is 0. The summed E-state index contributed by atoms with van der Waals surface area (Å²) in [5, 5.41) is 0. The van der Waals surface area contributed by atoms with Crippen LogP contribution in [-0.2, 0) is 0 Å². The minimum atomic E-state index is -2.53. The van der Waals surface area contributed by atoms with E-state index < -0.39 is 25.0 Å². The van der Waals surface area contributed by atoms with Crippen molar-refractivity contribution in [3.8, 4) is 0 Å². The quantitative estimate of drug-likeness (QED) is 0.497. The number of aryl methyl sites for hydroxylation is 1. The molecule has 0 spiro atoms. The molecule has 0 saturated carbocycles. The molecule has 0 aromatic carbocycles. The first-order valence-corrected chi connectivity index (χ1v) is 1.39. The van der Waals surface area contributed by atoms with Gasteiger partial charge in [-0.15, -0.1) is 0 Å². The van der Waals surface area contributed by atoms with Gasteiger partial charge in [-0.1, -0.05) is 0 Å². The molecule has 0 saturated heterocycles. The molecule has 0 bridgehead atoms. The summed E-state index contributed by atoms with van der Waals surface area (Å²) in [4.78, 5) is 3.62. The molecule has 0 aliphatic carbocycles. The largest absolute Gasteiger partial charge is 0.349 e. The average molecular weight is 88.1 g/mol. The first-order chi connectivity index (χ1) is 5.34. The third-order valence-corrected chi connectivity index (χ3v) is 0.374. The maximum absolute atomic E-state index is 7.06. The third-order valence-electron chi connectivity index (χ3n) is 0.374. The molecule has 1 rings (SSSR count). The predicted molar refractivity (Wildman–Crippen MR) is 23.3 cm³/mol. The van der Waals surface area contributed by atoms with Crippen LogP contribution in [0.4, 0.5) is 0 Å². The van der Waals surface area contributed by atoms with Gasteiger partial charge in [-0.2, -0.15) is 0 Å². The molecule has 0 atom stereocenters. The minimum absolute atomic E-state index is 0.343. The predicted octanol–water partition coefficient (Wildman–Crippen LogP) is 0.718. The fourth-order valence-electron chi connectivity index (χ4n) is 0.181. The summed E-state index contributed by atoms with van der Waals surface area (Å²) in [5.74, 6) is -0.544. The highest BCUT2D eigenvalue weighted by Gasteiger charge is 1.73. The zero-order valence-electron chi connectivity index (χ0n) is 8.89. The Hall–Kier alpha value is -0.790. The SMILES string of the molecule is [2H]c1nc(C([2H])([2H])[2H])n([2H])c1[2H]. The summed E-state index contributed by atoms with van der Waals surface area (Å²) < 4.78 is 41.7. The first-order valence-electron chi connectivity index (χ1n) is 4.34. The normalized spacial score (nSPS) is 25.3. The van der Waals surface area contributed by atoms with E-state index in [0.717, 1.165) is 0 Å². The molecular formula is C4H6N2. The third kappa shape index (κ3) is 0.407. The van der Waals surface area contributed by atoms with Crippen molar-refractivity contribution in [2.24, 2.45) is 0 Å². The van der Waals surface area contributed by atoms with Crippen molar-refractivity contribution in [2.45, 2.75) is 6.85 Å². The van der Waals surface area contributed by atoms with Gasteiger partial charge >= 0.3 is 0 Å². The van der Waals surface area contributed by atoms with Crippen LogP contribution in [0.5, 0.6) is 0 Å². The maximum atomic E-state index is 7.06. The molecule has 0 unspecified atom stereocenters. The monoisotopic (exact) mass is 88.1 g/mol. The van der Waals surface area contributed by atoms with Crippen LogP contribution < -0.4 is 0 Å². The van der Waals surface area contributed by atoms with E-state index in [9.17, 15) is 0 Å². The molecule has 0 radical (unpaired) electrons. The Balaban J connectivity index is 3.28. The lowest BCUT2D eigenvalue weighted by Crippen LogP contribution is -1.66. The molecule has 2 nitrogen and oxygen atoms in total. The number of H-pyrrole nitrogens is 1. The number of rotatable bonds is 0. The minimum Gasteiger partial charge on any atom is -0.349 e. The second kappa shape index (κ2) is 1.12. The lowest BCUT2D eigenvalue weighted by Gasteiger charge is -1.68. The highest BCUT2D eigenvalue weighted by Crippen LogP contribution is 1.78. The van der Waals surface area contributed by atoms with Crippen molar-refractivity contribution in [3.63, 3.8) is 0 Å². The number of aromatic nitrogens is 2. The Morgan fingerprint density at radius 3 is 3.83 bits per heavy atom. The van der Waals surface area contributed by atoms with Gasteiger partial charge in [0.25, 0.3) is 0 Å². The summed E-state index contributed by atoms with van der Waals surface area (Å²) in [6.45, 7) is -2.53. The van der Waals surface area contributed by atoms with Crippen LogP contribution in [0.1, 0.15) is 12.7 Å². The van der Waals surface area contributed by atoms with Gasteiger partial charge in [0.2, 0.25) is 0 Å². The summed E-state index contributed by atoms with van der Waals surface area (Å²) in [6, 6.07) is 0. The number of aromatic amines is 1. The van der Waals surface area contributed by atoms with Gasteiger partial charge in [-0.25, -0.2) is 4.98 Å². The first kappa shape index (κ1) is 0.735. The fourth-order valence-corrected chi connectivity index (χ4v) is 0.181. The molecule has 0 aliphatic rings. The van der Waals surface area contributed by atoms with Gasteiger partial charge in [0.15, 0.2) is 1.41 Å². The van der Waals surface area contributed by atoms with Crippen LogP contribution in [0, 0.1) is 6.85 Å². The standard InChI is InChI=1S/C4H6N2/c1-4-5-2-3-6-4/h2-3H,1H3,(H,5,6)/i1D3,2D,3D/hD. The zero-order valence-corrected chi connectivity index (χ0v) is 2.89. The number of hydrogen-bond donors (Lipinski definition) is 1. The molecule has 1 heterocycles. The van der Waals surface area contributed by atoms with E-state index in [-0.39, 0.29) is 0 Å². The van der Waals surface area contributed by atoms with Crippen LogP contribution in [-0.4, -0.2) is 9.96 Å². The zero-order chi connectivity index (χ0) is 9.52. The number of nitrogens with zero attached hydrogens (tertiary/aromatic N) is 1. The molecule has 1 aromatic heterocycles. The Labute approximate surface area is 44.7 Å². The van der Waals surface area contributed by atoms with Crippen molar-refractivity contribution in [1.29, 1.82) is 0 Å². The number of hydrogen-bond acceptors (Lipinski definition) is 1. The van der Waals surface area contributed by atoms with Gasteiger partial charge < -0.3 is 4.98 Å². The average Bonchev–Trinajstić information content (AvgIpc) is 2.15. The number of nitrogens with one attached hydrogen (secondary N) is 1. The van der Waals surface area contributed by atoms with Crippen LogP contribution in [0.3, 0.4) is 0 Å². The molecule has 1 aromatic rings. The molecule has 0 aliphatic heterocycles. The molecule has 0 amide bonds.